The molecule has 29 heavy (non-hydrogen) atoms. The predicted molar refractivity (Wildman–Crippen MR) is 119 cm³/mol. The van der Waals surface area contributed by atoms with Crippen molar-refractivity contribution < 1.29 is 9.53 Å². The molecule has 1 heterocycles. The largest absolute Gasteiger partial charge is 0.379 e. The van der Waals surface area contributed by atoms with Gasteiger partial charge in [-0.1, -0.05) is 19.1 Å². The van der Waals surface area contributed by atoms with Crippen LogP contribution in [0.1, 0.15) is 29.8 Å². The minimum atomic E-state index is 0.0314. The summed E-state index contributed by atoms with van der Waals surface area (Å²) >= 11 is 0. The molecule has 1 unspecified atom stereocenters. The van der Waals surface area contributed by atoms with Crippen LogP contribution >= 0.6 is 0 Å². The van der Waals surface area contributed by atoms with Crippen LogP contribution in [0.3, 0.4) is 0 Å². The third-order valence-electron chi connectivity index (χ3n) is 4.87. The van der Waals surface area contributed by atoms with Crippen molar-refractivity contribution in [1.82, 2.24) is 20.4 Å². The molecule has 0 radical (unpaired) electrons. The van der Waals surface area contributed by atoms with Crippen molar-refractivity contribution in [3.8, 4) is 0 Å². The Bertz CT molecular complexity index is 656. The van der Waals surface area contributed by atoms with Crippen molar-refractivity contribution in [3.05, 3.63) is 35.4 Å². The zero-order valence-corrected chi connectivity index (χ0v) is 18.4. The van der Waals surface area contributed by atoms with Crippen LogP contribution in [0.5, 0.6) is 0 Å². The molecule has 1 amide bonds. The van der Waals surface area contributed by atoms with Crippen molar-refractivity contribution in [2.24, 2.45) is 10.9 Å². The molecule has 0 spiro atoms. The van der Waals surface area contributed by atoms with E-state index in [1.54, 1.807) is 19.0 Å². The molecule has 1 aromatic rings. The van der Waals surface area contributed by atoms with E-state index in [-0.39, 0.29) is 5.91 Å². The number of hydrogen-bond acceptors (Lipinski definition) is 4. The molecule has 0 saturated carbocycles. The highest BCUT2D eigenvalue weighted by Crippen LogP contribution is 2.08. The second kappa shape index (κ2) is 12.4. The van der Waals surface area contributed by atoms with Gasteiger partial charge in [-0.15, -0.1) is 0 Å². The van der Waals surface area contributed by atoms with Crippen LogP contribution in [0.15, 0.2) is 29.3 Å². The molecular formula is C22H37N5O2. The number of amides is 1. The van der Waals surface area contributed by atoms with Crippen molar-refractivity contribution in [3.63, 3.8) is 0 Å². The van der Waals surface area contributed by atoms with Crippen LogP contribution in [0, 0.1) is 5.92 Å². The number of hydrogen-bond donors (Lipinski definition) is 2. The number of carbonyl (C=O) groups excluding carboxylic acids is 1. The van der Waals surface area contributed by atoms with E-state index < -0.39 is 0 Å². The van der Waals surface area contributed by atoms with Crippen molar-refractivity contribution in [2.75, 3.05) is 66.6 Å². The number of guanidine groups is 1. The Morgan fingerprint density at radius 3 is 2.72 bits per heavy atom. The third kappa shape index (κ3) is 8.41. The molecular weight excluding hydrogens is 366 g/mol. The van der Waals surface area contributed by atoms with Gasteiger partial charge in [-0.2, -0.15) is 0 Å². The van der Waals surface area contributed by atoms with E-state index >= 15 is 0 Å². The fraction of sp³-hybridized carbons (Fsp3) is 0.636. The maximum absolute atomic E-state index is 12.1. The van der Waals surface area contributed by atoms with Gasteiger partial charge < -0.3 is 20.3 Å². The zero-order chi connectivity index (χ0) is 21.1. The predicted octanol–water partition coefficient (Wildman–Crippen LogP) is 1.45. The van der Waals surface area contributed by atoms with Gasteiger partial charge >= 0.3 is 0 Å². The van der Waals surface area contributed by atoms with Gasteiger partial charge in [0.05, 0.1) is 13.2 Å². The average Bonchev–Trinajstić information content (AvgIpc) is 2.72. The molecule has 0 aromatic heterocycles. The fourth-order valence-electron chi connectivity index (χ4n) is 3.31. The normalized spacial score (nSPS) is 16.3. The highest BCUT2D eigenvalue weighted by molar-refractivity contribution is 5.94. The van der Waals surface area contributed by atoms with E-state index in [1.807, 2.05) is 18.2 Å². The van der Waals surface area contributed by atoms with Crippen molar-refractivity contribution in [2.45, 2.75) is 20.3 Å². The first-order chi connectivity index (χ1) is 14.0. The molecule has 2 rings (SSSR count). The summed E-state index contributed by atoms with van der Waals surface area (Å²) in [6.45, 7) is 11.5. The summed E-state index contributed by atoms with van der Waals surface area (Å²) in [6, 6.07) is 7.83. The minimum absolute atomic E-state index is 0.0314. The Morgan fingerprint density at radius 1 is 1.28 bits per heavy atom. The molecule has 0 bridgehead atoms. The van der Waals surface area contributed by atoms with E-state index in [0.717, 1.165) is 76.0 Å². The topological polar surface area (TPSA) is 69.2 Å². The Kier molecular flexibility index (Phi) is 9.94. The number of carbonyl (C=O) groups is 1. The van der Waals surface area contributed by atoms with Gasteiger partial charge in [0, 0.05) is 58.9 Å². The van der Waals surface area contributed by atoms with Gasteiger partial charge in [0.15, 0.2) is 5.96 Å². The first-order valence-corrected chi connectivity index (χ1v) is 10.6. The third-order valence-corrected chi connectivity index (χ3v) is 4.87. The highest BCUT2D eigenvalue weighted by atomic mass is 16.5. The summed E-state index contributed by atoms with van der Waals surface area (Å²) in [5.74, 6) is 1.38. The molecule has 0 aliphatic carbocycles. The lowest BCUT2D eigenvalue weighted by atomic mass is 10.1. The summed E-state index contributed by atoms with van der Waals surface area (Å²) in [7, 11) is 3.55. The molecule has 7 nitrogen and oxygen atoms in total. The summed E-state index contributed by atoms with van der Waals surface area (Å²) < 4.78 is 5.41. The van der Waals surface area contributed by atoms with Gasteiger partial charge in [0.25, 0.3) is 5.91 Å². The number of morpholine rings is 1. The van der Waals surface area contributed by atoms with Crippen LogP contribution in [0.2, 0.25) is 0 Å². The van der Waals surface area contributed by atoms with Crippen LogP contribution < -0.4 is 10.6 Å². The van der Waals surface area contributed by atoms with Gasteiger partial charge in [0.2, 0.25) is 0 Å². The average molecular weight is 404 g/mol. The lowest BCUT2D eigenvalue weighted by Gasteiger charge is -2.28. The zero-order valence-electron chi connectivity index (χ0n) is 18.4. The molecule has 2 N–H and O–H groups in total. The lowest BCUT2D eigenvalue weighted by Crippen LogP contribution is -2.40. The number of benzene rings is 1. The van der Waals surface area contributed by atoms with Gasteiger partial charge in [-0.25, -0.2) is 0 Å². The Hall–Kier alpha value is -2.12. The van der Waals surface area contributed by atoms with Crippen LogP contribution in [-0.2, 0) is 11.2 Å². The van der Waals surface area contributed by atoms with Gasteiger partial charge in [0.1, 0.15) is 0 Å². The SMILES string of the molecule is CCNC(=NCC(C)CN1CCOCC1)NCCc1cccc(C(=O)N(C)C)c1. The monoisotopic (exact) mass is 403 g/mol. The molecule has 1 aliphatic heterocycles. The smallest absolute Gasteiger partial charge is 0.253 e. The summed E-state index contributed by atoms with van der Waals surface area (Å²) in [4.78, 5) is 20.9. The Labute approximate surface area is 175 Å². The molecule has 1 saturated heterocycles. The number of nitrogens with zero attached hydrogens (tertiary/aromatic N) is 3. The van der Waals surface area contributed by atoms with E-state index in [4.69, 9.17) is 9.73 Å². The van der Waals surface area contributed by atoms with Crippen molar-refractivity contribution >= 4 is 11.9 Å². The molecule has 162 valence electrons. The summed E-state index contributed by atoms with van der Waals surface area (Å²) in [6.07, 6.45) is 0.836. The van der Waals surface area contributed by atoms with Gasteiger partial charge in [-0.3, -0.25) is 14.7 Å². The minimum Gasteiger partial charge on any atom is -0.379 e. The fourth-order valence-corrected chi connectivity index (χ4v) is 3.31. The first kappa shape index (κ1) is 23.2. The summed E-state index contributed by atoms with van der Waals surface area (Å²) in [5, 5.41) is 6.73. The molecule has 1 aromatic carbocycles. The van der Waals surface area contributed by atoms with Crippen molar-refractivity contribution in [1.29, 1.82) is 0 Å². The number of rotatable bonds is 9. The first-order valence-electron chi connectivity index (χ1n) is 10.6. The number of aliphatic imine (C=N–C) groups is 1. The Morgan fingerprint density at radius 2 is 2.03 bits per heavy atom. The molecule has 1 fully saturated rings. The van der Waals surface area contributed by atoms with E-state index in [9.17, 15) is 4.79 Å². The Balaban J connectivity index is 1.81. The molecule has 7 heteroatoms. The van der Waals surface area contributed by atoms with Gasteiger partial charge in [-0.05, 0) is 37.0 Å². The van der Waals surface area contributed by atoms with E-state index in [1.165, 1.54) is 0 Å². The van der Waals surface area contributed by atoms with Crippen LogP contribution in [0.25, 0.3) is 0 Å². The molecule has 1 aliphatic rings. The maximum atomic E-state index is 12.1. The number of nitrogens with one attached hydrogen (secondary N) is 2. The second-order valence-corrected chi connectivity index (χ2v) is 7.81. The van der Waals surface area contributed by atoms with E-state index in [2.05, 4.69) is 35.4 Å². The maximum Gasteiger partial charge on any atom is 0.253 e. The quantitative estimate of drug-likeness (QED) is 0.483. The van der Waals surface area contributed by atoms with E-state index in [0.29, 0.717) is 5.92 Å². The number of ether oxygens (including phenoxy) is 1. The standard InChI is InChI=1S/C22H37N5O2/c1-5-23-22(25-16-18(2)17-27-11-13-29-14-12-27)24-10-9-19-7-6-8-20(15-19)21(28)26(3)4/h6-8,15,18H,5,9-14,16-17H2,1-4H3,(H2,23,24,25). The lowest BCUT2D eigenvalue weighted by molar-refractivity contribution is 0.0323. The highest BCUT2D eigenvalue weighted by Gasteiger charge is 2.13. The van der Waals surface area contributed by atoms with Crippen LogP contribution in [0.4, 0.5) is 0 Å². The molecule has 1 atom stereocenters. The van der Waals surface area contributed by atoms with Crippen LogP contribution in [-0.4, -0.2) is 88.2 Å². The second-order valence-electron chi connectivity index (χ2n) is 7.81. The summed E-state index contributed by atoms with van der Waals surface area (Å²) in [5.41, 5.74) is 1.87.